The number of nitrogens with one attached hydrogen (secondary N) is 2. The molecule has 2 atom stereocenters. The topological polar surface area (TPSA) is 95.1 Å². The zero-order chi connectivity index (χ0) is 20.8. The minimum atomic E-state index is -0.658. The van der Waals surface area contributed by atoms with Gasteiger partial charge in [-0.15, -0.1) is 0 Å². The number of benzene rings is 1. The van der Waals surface area contributed by atoms with Gasteiger partial charge in [0, 0.05) is 12.3 Å². The van der Waals surface area contributed by atoms with E-state index < -0.39 is 12.0 Å². The van der Waals surface area contributed by atoms with Crippen molar-refractivity contribution in [2.45, 2.75) is 45.3 Å². The third-order valence-corrected chi connectivity index (χ3v) is 4.90. The van der Waals surface area contributed by atoms with Crippen molar-refractivity contribution in [1.29, 1.82) is 0 Å². The molecular weight excluding hydrogens is 376 g/mol. The van der Waals surface area contributed by atoms with Crippen molar-refractivity contribution in [3.8, 4) is 11.5 Å². The number of rotatable bonds is 8. The number of esters is 1. The summed E-state index contributed by atoms with van der Waals surface area (Å²) in [6.07, 6.45) is 2.65. The predicted molar refractivity (Wildman–Crippen MR) is 106 cm³/mol. The van der Waals surface area contributed by atoms with Gasteiger partial charge >= 0.3 is 12.0 Å². The maximum absolute atomic E-state index is 12.8. The molecule has 2 aliphatic heterocycles. The zero-order valence-corrected chi connectivity index (χ0v) is 17.1. The van der Waals surface area contributed by atoms with E-state index in [0.29, 0.717) is 41.5 Å². The Bertz CT molecular complexity index is 785. The Morgan fingerprint density at radius 2 is 2.14 bits per heavy atom. The lowest BCUT2D eigenvalue weighted by atomic mass is 9.95. The number of urea groups is 1. The summed E-state index contributed by atoms with van der Waals surface area (Å²) in [4.78, 5) is 24.9. The molecule has 0 spiro atoms. The molecule has 2 aliphatic rings. The Kier molecular flexibility index (Phi) is 6.98. The van der Waals surface area contributed by atoms with Crippen molar-refractivity contribution in [3.05, 3.63) is 35.0 Å². The molecule has 2 amide bonds. The number of hydrogen-bond acceptors (Lipinski definition) is 6. The number of amides is 2. The van der Waals surface area contributed by atoms with Crippen molar-refractivity contribution >= 4 is 12.0 Å². The van der Waals surface area contributed by atoms with Gasteiger partial charge in [0.05, 0.1) is 31.4 Å². The minimum absolute atomic E-state index is 0.0699. The summed E-state index contributed by atoms with van der Waals surface area (Å²) < 4.78 is 22.1. The van der Waals surface area contributed by atoms with Crippen LogP contribution in [0.25, 0.3) is 0 Å². The summed E-state index contributed by atoms with van der Waals surface area (Å²) in [5.74, 6) is 0.663. The molecule has 0 saturated carbocycles. The molecular formula is C21H28N2O6. The van der Waals surface area contributed by atoms with Crippen LogP contribution in [0.3, 0.4) is 0 Å². The molecule has 0 unspecified atom stereocenters. The van der Waals surface area contributed by atoms with Gasteiger partial charge in [-0.1, -0.05) is 13.0 Å². The minimum Gasteiger partial charge on any atom is -0.493 e. The molecule has 8 nitrogen and oxygen atoms in total. The molecule has 2 heterocycles. The highest BCUT2D eigenvalue weighted by Gasteiger charge is 2.33. The van der Waals surface area contributed by atoms with Gasteiger partial charge in [0.1, 0.15) is 6.61 Å². The second-order valence-corrected chi connectivity index (χ2v) is 7.06. The van der Waals surface area contributed by atoms with Gasteiger partial charge < -0.3 is 29.6 Å². The van der Waals surface area contributed by atoms with Gasteiger partial charge in [-0.25, -0.2) is 9.59 Å². The average Bonchev–Trinajstić information content (AvgIpc) is 3.23. The first-order chi connectivity index (χ1) is 14.0. The van der Waals surface area contributed by atoms with Gasteiger partial charge in [-0.2, -0.15) is 0 Å². The van der Waals surface area contributed by atoms with Crippen LogP contribution in [0, 0.1) is 0 Å². The molecule has 2 N–H and O–H groups in total. The van der Waals surface area contributed by atoms with E-state index in [1.54, 1.807) is 26.2 Å². The van der Waals surface area contributed by atoms with Crippen LogP contribution in [0.1, 0.15) is 44.7 Å². The fourth-order valence-corrected chi connectivity index (χ4v) is 3.43. The van der Waals surface area contributed by atoms with Crippen LogP contribution < -0.4 is 20.1 Å². The van der Waals surface area contributed by atoms with E-state index in [1.165, 1.54) is 0 Å². The Balaban J connectivity index is 1.83. The molecule has 8 heteroatoms. The third-order valence-electron chi connectivity index (χ3n) is 4.90. The quantitative estimate of drug-likeness (QED) is 0.647. The average molecular weight is 404 g/mol. The zero-order valence-electron chi connectivity index (χ0n) is 17.1. The molecule has 1 fully saturated rings. The van der Waals surface area contributed by atoms with Gasteiger partial charge in [0.25, 0.3) is 0 Å². The Morgan fingerprint density at radius 3 is 2.83 bits per heavy atom. The molecule has 158 valence electrons. The summed E-state index contributed by atoms with van der Waals surface area (Å²) in [5.41, 5.74) is 1.51. The molecule has 0 aromatic heterocycles. The molecule has 0 bridgehead atoms. The van der Waals surface area contributed by atoms with E-state index in [9.17, 15) is 9.59 Å². The summed E-state index contributed by atoms with van der Waals surface area (Å²) >= 11 is 0. The number of methoxy groups -OCH3 is 1. The van der Waals surface area contributed by atoms with E-state index in [2.05, 4.69) is 10.6 Å². The standard InChI is InChI=1S/C21H28N2O6/c1-4-9-28-16-8-7-14(11-17(16)26-3)19-18(13(2)22-21(25)23-19)20(24)29-12-15-6-5-10-27-15/h7-8,11,15,19H,4-6,9-10,12H2,1-3H3,(H2,22,23,25)/t15-,19-/m1/s1. The molecule has 3 rings (SSSR count). The summed E-state index contributed by atoms with van der Waals surface area (Å²) in [7, 11) is 1.55. The van der Waals surface area contributed by atoms with E-state index in [-0.39, 0.29) is 18.7 Å². The largest absolute Gasteiger partial charge is 0.493 e. The Labute approximate surface area is 170 Å². The molecule has 1 aromatic carbocycles. The second-order valence-electron chi connectivity index (χ2n) is 7.06. The van der Waals surface area contributed by atoms with Crippen LogP contribution in [-0.2, 0) is 14.3 Å². The summed E-state index contributed by atoms with van der Waals surface area (Å²) in [5, 5.41) is 5.45. The van der Waals surface area contributed by atoms with Crippen LogP contribution in [-0.4, -0.2) is 45.0 Å². The van der Waals surface area contributed by atoms with Crippen molar-refractivity contribution in [2.24, 2.45) is 0 Å². The smallest absolute Gasteiger partial charge is 0.338 e. The van der Waals surface area contributed by atoms with Crippen molar-refractivity contribution in [3.63, 3.8) is 0 Å². The fourth-order valence-electron chi connectivity index (χ4n) is 3.43. The first-order valence-electron chi connectivity index (χ1n) is 9.91. The van der Waals surface area contributed by atoms with Crippen LogP contribution in [0.2, 0.25) is 0 Å². The molecule has 1 aromatic rings. The van der Waals surface area contributed by atoms with Crippen molar-refractivity contribution in [1.82, 2.24) is 10.6 Å². The highest BCUT2D eigenvalue weighted by atomic mass is 16.6. The molecule has 1 saturated heterocycles. The Hall–Kier alpha value is -2.74. The Morgan fingerprint density at radius 1 is 1.31 bits per heavy atom. The van der Waals surface area contributed by atoms with Crippen LogP contribution >= 0.6 is 0 Å². The highest BCUT2D eigenvalue weighted by Crippen LogP contribution is 2.34. The predicted octanol–water partition coefficient (Wildman–Crippen LogP) is 2.83. The number of hydrogen-bond donors (Lipinski definition) is 2. The third kappa shape index (κ3) is 5.00. The summed E-state index contributed by atoms with van der Waals surface area (Å²) in [6.45, 7) is 5.16. The maximum Gasteiger partial charge on any atom is 0.338 e. The lowest BCUT2D eigenvalue weighted by Crippen LogP contribution is -2.45. The normalized spacial score (nSPS) is 21.4. The highest BCUT2D eigenvalue weighted by molar-refractivity contribution is 5.95. The lowest BCUT2D eigenvalue weighted by Gasteiger charge is -2.28. The van der Waals surface area contributed by atoms with Gasteiger partial charge in [-0.05, 0) is 43.9 Å². The van der Waals surface area contributed by atoms with E-state index >= 15 is 0 Å². The van der Waals surface area contributed by atoms with Gasteiger partial charge in [0.2, 0.25) is 0 Å². The van der Waals surface area contributed by atoms with Crippen LogP contribution in [0.5, 0.6) is 11.5 Å². The van der Waals surface area contributed by atoms with Crippen LogP contribution in [0.4, 0.5) is 4.79 Å². The monoisotopic (exact) mass is 404 g/mol. The number of carbonyl (C=O) groups excluding carboxylic acids is 2. The summed E-state index contributed by atoms with van der Waals surface area (Å²) in [6, 6.07) is 4.32. The van der Waals surface area contributed by atoms with Crippen molar-refractivity contribution < 1.29 is 28.5 Å². The molecule has 0 aliphatic carbocycles. The maximum atomic E-state index is 12.8. The lowest BCUT2D eigenvalue weighted by molar-refractivity contribution is -0.142. The van der Waals surface area contributed by atoms with E-state index in [1.807, 2.05) is 13.0 Å². The number of carbonyl (C=O) groups is 2. The number of ether oxygens (including phenoxy) is 4. The van der Waals surface area contributed by atoms with Crippen molar-refractivity contribution in [2.75, 3.05) is 26.9 Å². The first kappa shape index (κ1) is 21.0. The van der Waals surface area contributed by atoms with Gasteiger partial charge in [0.15, 0.2) is 11.5 Å². The fraction of sp³-hybridized carbons (Fsp3) is 0.524. The van der Waals surface area contributed by atoms with Crippen LogP contribution in [0.15, 0.2) is 29.5 Å². The first-order valence-corrected chi connectivity index (χ1v) is 9.91. The molecule has 29 heavy (non-hydrogen) atoms. The SMILES string of the molecule is CCCOc1ccc([C@H]2NC(=O)NC(C)=C2C(=O)OC[C@H]2CCCO2)cc1OC. The van der Waals surface area contributed by atoms with Gasteiger partial charge in [-0.3, -0.25) is 0 Å². The van der Waals surface area contributed by atoms with E-state index in [0.717, 1.165) is 19.3 Å². The second kappa shape index (κ2) is 9.65. The number of allylic oxidation sites excluding steroid dienone is 1. The van der Waals surface area contributed by atoms with E-state index in [4.69, 9.17) is 18.9 Å². The molecule has 0 radical (unpaired) electrons.